The number of benzene rings is 2. The molecule has 19 heavy (non-hydrogen) atoms. The summed E-state index contributed by atoms with van der Waals surface area (Å²) in [4.78, 5) is 22.2. The summed E-state index contributed by atoms with van der Waals surface area (Å²) >= 11 is 0. The molecule has 0 aromatic heterocycles. The zero-order chi connectivity index (χ0) is 13.8. The molecule has 2 aromatic rings. The van der Waals surface area contributed by atoms with Crippen molar-refractivity contribution in [3.8, 4) is 0 Å². The molecule has 4 heteroatoms. The van der Waals surface area contributed by atoms with Gasteiger partial charge in [-0.1, -0.05) is 42.0 Å². The van der Waals surface area contributed by atoms with E-state index in [0.29, 0.717) is 5.56 Å². The molecule has 0 aliphatic carbocycles. The molecule has 0 N–H and O–H groups in total. The number of hydrogen-bond donors (Lipinski definition) is 0. The molecular formula is C15H13NO3. The molecule has 0 atom stereocenters. The average Bonchev–Trinajstić information content (AvgIpc) is 2.41. The number of hydrogen-bond acceptors (Lipinski definition) is 3. The lowest BCUT2D eigenvalue weighted by Crippen LogP contribution is -2.04. The second-order valence-corrected chi connectivity index (χ2v) is 4.39. The van der Waals surface area contributed by atoms with Gasteiger partial charge >= 0.3 is 0 Å². The number of nitrogens with zero attached hydrogens (tertiary/aromatic N) is 1. The Morgan fingerprint density at radius 2 is 1.84 bits per heavy atom. The summed E-state index contributed by atoms with van der Waals surface area (Å²) in [7, 11) is 0. The molecular weight excluding hydrogens is 242 g/mol. The Bertz CT molecular complexity index is 618. The second-order valence-electron chi connectivity index (χ2n) is 4.39. The molecule has 96 valence electrons. The van der Waals surface area contributed by atoms with Crippen LogP contribution in [0.25, 0.3) is 0 Å². The lowest BCUT2D eigenvalue weighted by atomic mass is 10.0. The van der Waals surface area contributed by atoms with Crippen LogP contribution in [0.15, 0.2) is 48.5 Å². The van der Waals surface area contributed by atoms with Crippen LogP contribution in [-0.2, 0) is 6.42 Å². The van der Waals surface area contributed by atoms with Crippen LogP contribution in [0, 0.1) is 17.0 Å². The Balaban J connectivity index is 2.18. The zero-order valence-corrected chi connectivity index (χ0v) is 10.5. The van der Waals surface area contributed by atoms with Gasteiger partial charge in [-0.25, -0.2) is 0 Å². The SMILES string of the molecule is Cc1ccc(CC(=O)c2cccc([N+](=O)[O-])c2)cc1. The highest BCUT2D eigenvalue weighted by Gasteiger charge is 2.11. The fourth-order valence-electron chi connectivity index (χ4n) is 1.79. The van der Waals surface area contributed by atoms with Crippen molar-refractivity contribution in [2.75, 3.05) is 0 Å². The smallest absolute Gasteiger partial charge is 0.270 e. The highest BCUT2D eigenvalue weighted by Crippen LogP contribution is 2.15. The van der Waals surface area contributed by atoms with Gasteiger partial charge in [-0.15, -0.1) is 0 Å². The summed E-state index contributed by atoms with van der Waals surface area (Å²) in [5.41, 5.74) is 2.35. The van der Waals surface area contributed by atoms with Gasteiger partial charge in [-0.3, -0.25) is 14.9 Å². The summed E-state index contributed by atoms with van der Waals surface area (Å²) in [5.74, 6) is -0.118. The predicted molar refractivity (Wildman–Crippen MR) is 72.3 cm³/mol. The van der Waals surface area contributed by atoms with Crippen LogP contribution >= 0.6 is 0 Å². The van der Waals surface area contributed by atoms with Gasteiger partial charge in [0.15, 0.2) is 5.78 Å². The number of ketones is 1. The quantitative estimate of drug-likeness (QED) is 0.478. The predicted octanol–water partition coefficient (Wildman–Crippen LogP) is 3.33. The Morgan fingerprint density at radius 1 is 1.16 bits per heavy atom. The molecule has 0 fully saturated rings. The van der Waals surface area contributed by atoms with Crippen molar-refractivity contribution in [2.45, 2.75) is 13.3 Å². The standard InChI is InChI=1S/C15H13NO3/c1-11-5-7-12(8-6-11)9-15(17)13-3-2-4-14(10-13)16(18)19/h2-8,10H,9H2,1H3. The van der Waals surface area contributed by atoms with Gasteiger partial charge in [-0.05, 0) is 12.5 Å². The molecule has 0 aliphatic heterocycles. The summed E-state index contributed by atoms with van der Waals surface area (Å²) < 4.78 is 0. The van der Waals surface area contributed by atoms with E-state index < -0.39 is 4.92 Å². The number of carbonyl (C=O) groups is 1. The average molecular weight is 255 g/mol. The van der Waals surface area contributed by atoms with Gasteiger partial charge < -0.3 is 0 Å². The monoisotopic (exact) mass is 255 g/mol. The van der Waals surface area contributed by atoms with Crippen LogP contribution in [-0.4, -0.2) is 10.7 Å². The van der Waals surface area contributed by atoms with Crippen molar-refractivity contribution >= 4 is 11.5 Å². The minimum atomic E-state index is -0.497. The van der Waals surface area contributed by atoms with Gasteiger partial charge in [0.25, 0.3) is 5.69 Å². The van der Waals surface area contributed by atoms with Crippen molar-refractivity contribution < 1.29 is 9.72 Å². The van der Waals surface area contributed by atoms with E-state index in [4.69, 9.17) is 0 Å². The third-order valence-electron chi connectivity index (χ3n) is 2.86. The highest BCUT2D eigenvalue weighted by atomic mass is 16.6. The molecule has 0 saturated heterocycles. The Kier molecular flexibility index (Phi) is 3.71. The third-order valence-corrected chi connectivity index (χ3v) is 2.86. The maximum Gasteiger partial charge on any atom is 0.270 e. The van der Waals surface area contributed by atoms with Crippen molar-refractivity contribution in [2.24, 2.45) is 0 Å². The number of carbonyl (C=O) groups excluding carboxylic acids is 1. The summed E-state index contributed by atoms with van der Waals surface area (Å²) in [6.45, 7) is 1.98. The molecule has 0 heterocycles. The summed E-state index contributed by atoms with van der Waals surface area (Å²) in [5, 5.41) is 10.7. The number of nitro benzene ring substituents is 1. The Labute approximate surface area is 110 Å². The first-order valence-electron chi connectivity index (χ1n) is 5.89. The molecule has 0 spiro atoms. The fraction of sp³-hybridized carbons (Fsp3) is 0.133. The van der Waals surface area contributed by atoms with Crippen LogP contribution < -0.4 is 0 Å². The summed E-state index contributed by atoms with van der Waals surface area (Å²) in [6, 6.07) is 13.5. The number of aryl methyl sites for hydroxylation is 1. The first-order valence-corrected chi connectivity index (χ1v) is 5.89. The fourth-order valence-corrected chi connectivity index (χ4v) is 1.79. The van der Waals surface area contributed by atoms with E-state index in [-0.39, 0.29) is 17.9 Å². The molecule has 0 saturated carbocycles. The summed E-state index contributed by atoms with van der Waals surface area (Å²) in [6.07, 6.45) is 0.251. The number of nitro groups is 1. The molecule has 2 aromatic carbocycles. The first-order chi connectivity index (χ1) is 9.06. The number of Topliss-reactive ketones (excluding diaryl/α,β-unsaturated/α-hetero) is 1. The Hall–Kier alpha value is -2.49. The van der Waals surface area contributed by atoms with E-state index in [1.165, 1.54) is 18.2 Å². The van der Waals surface area contributed by atoms with E-state index >= 15 is 0 Å². The molecule has 4 nitrogen and oxygen atoms in total. The highest BCUT2D eigenvalue weighted by molar-refractivity contribution is 5.98. The topological polar surface area (TPSA) is 60.2 Å². The van der Waals surface area contributed by atoms with E-state index in [1.807, 2.05) is 31.2 Å². The minimum Gasteiger partial charge on any atom is -0.294 e. The van der Waals surface area contributed by atoms with Crippen LogP contribution in [0.5, 0.6) is 0 Å². The van der Waals surface area contributed by atoms with Crippen LogP contribution in [0.4, 0.5) is 5.69 Å². The number of rotatable bonds is 4. The van der Waals surface area contributed by atoms with Crippen molar-refractivity contribution in [1.82, 2.24) is 0 Å². The largest absolute Gasteiger partial charge is 0.294 e. The normalized spacial score (nSPS) is 10.2. The zero-order valence-electron chi connectivity index (χ0n) is 10.5. The van der Waals surface area contributed by atoms with E-state index in [1.54, 1.807) is 6.07 Å². The minimum absolute atomic E-state index is 0.0604. The first kappa shape index (κ1) is 13.0. The van der Waals surface area contributed by atoms with Gasteiger partial charge in [0.1, 0.15) is 0 Å². The van der Waals surface area contributed by atoms with Gasteiger partial charge in [0.2, 0.25) is 0 Å². The number of non-ortho nitro benzene ring substituents is 1. The van der Waals surface area contributed by atoms with Crippen molar-refractivity contribution in [1.29, 1.82) is 0 Å². The van der Waals surface area contributed by atoms with Crippen LogP contribution in [0.1, 0.15) is 21.5 Å². The lowest BCUT2D eigenvalue weighted by molar-refractivity contribution is -0.384. The molecule has 0 unspecified atom stereocenters. The molecule has 0 amide bonds. The van der Waals surface area contributed by atoms with Crippen molar-refractivity contribution in [3.05, 3.63) is 75.3 Å². The second kappa shape index (κ2) is 5.44. The third kappa shape index (κ3) is 3.25. The molecule has 0 bridgehead atoms. The van der Waals surface area contributed by atoms with Gasteiger partial charge in [0, 0.05) is 24.1 Å². The lowest BCUT2D eigenvalue weighted by Gasteiger charge is -2.02. The molecule has 0 aliphatic rings. The van der Waals surface area contributed by atoms with E-state index in [2.05, 4.69) is 0 Å². The van der Waals surface area contributed by atoms with Crippen molar-refractivity contribution in [3.63, 3.8) is 0 Å². The van der Waals surface area contributed by atoms with E-state index in [0.717, 1.165) is 11.1 Å². The van der Waals surface area contributed by atoms with Crippen LogP contribution in [0.3, 0.4) is 0 Å². The molecule has 2 rings (SSSR count). The van der Waals surface area contributed by atoms with Gasteiger partial charge in [0.05, 0.1) is 4.92 Å². The Morgan fingerprint density at radius 3 is 2.47 bits per heavy atom. The van der Waals surface area contributed by atoms with E-state index in [9.17, 15) is 14.9 Å². The molecule has 0 radical (unpaired) electrons. The van der Waals surface area contributed by atoms with Gasteiger partial charge in [-0.2, -0.15) is 0 Å². The van der Waals surface area contributed by atoms with Crippen LogP contribution in [0.2, 0.25) is 0 Å². The maximum atomic E-state index is 12.1. The maximum absolute atomic E-state index is 12.1.